The third-order valence-electron chi connectivity index (χ3n) is 2.95. The summed E-state index contributed by atoms with van der Waals surface area (Å²) in [7, 11) is 0. The molecule has 0 aromatic heterocycles. The summed E-state index contributed by atoms with van der Waals surface area (Å²) < 4.78 is 0. The highest BCUT2D eigenvalue weighted by Gasteiger charge is 2.22. The SMILES string of the molecule is Cc1ccc(C(=N)N)c(N2CCC(O)C2)c1. The molecule has 1 aromatic carbocycles. The number of rotatable bonds is 2. The number of benzene rings is 1. The highest BCUT2D eigenvalue weighted by molar-refractivity contribution is 6.00. The fourth-order valence-corrected chi connectivity index (χ4v) is 2.09. The molecule has 4 N–H and O–H groups in total. The van der Waals surface area contributed by atoms with Gasteiger partial charge in [0.25, 0.3) is 0 Å². The first kappa shape index (κ1) is 11.0. The Morgan fingerprint density at radius 3 is 2.88 bits per heavy atom. The van der Waals surface area contributed by atoms with Crippen LogP contribution in [0.2, 0.25) is 0 Å². The summed E-state index contributed by atoms with van der Waals surface area (Å²) in [5, 5.41) is 17.1. The molecule has 2 rings (SSSR count). The fraction of sp³-hybridized carbons (Fsp3) is 0.417. The van der Waals surface area contributed by atoms with Gasteiger partial charge in [-0.1, -0.05) is 6.07 Å². The van der Waals surface area contributed by atoms with Gasteiger partial charge in [0.05, 0.1) is 6.10 Å². The summed E-state index contributed by atoms with van der Waals surface area (Å²) in [5.41, 5.74) is 8.41. The average molecular weight is 219 g/mol. The lowest BCUT2D eigenvalue weighted by Gasteiger charge is -2.21. The van der Waals surface area contributed by atoms with Crippen molar-refractivity contribution >= 4 is 11.5 Å². The van der Waals surface area contributed by atoms with Crippen molar-refractivity contribution in [2.75, 3.05) is 18.0 Å². The molecule has 1 heterocycles. The van der Waals surface area contributed by atoms with E-state index in [1.807, 2.05) is 25.1 Å². The number of amidine groups is 1. The van der Waals surface area contributed by atoms with Crippen LogP contribution in [0.5, 0.6) is 0 Å². The predicted molar refractivity (Wildman–Crippen MR) is 65.0 cm³/mol. The zero-order valence-corrected chi connectivity index (χ0v) is 9.40. The standard InChI is InChI=1S/C12H17N3O/c1-8-2-3-10(12(13)14)11(6-8)15-5-4-9(16)7-15/h2-3,6,9,16H,4-5,7H2,1H3,(H3,13,14). The highest BCUT2D eigenvalue weighted by Crippen LogP contribution is 2.25. The largest absolute Gasteiger partial charge is 0.391 e. The summed E-state index contributed by atoms with van der Waals surface area (Å²) in [5.74, 6) is 0.0800. The van der Waals surface area contributed by atoms with E-state index < -0.39 is 0 Å². The summed E-state index contributed by atoms with van der Waals surface area (Å²) >= 11 is 0. The number of nitrogen functional groups attached to an aromatic ring is 1. The molecule has 1 aliphatic heterocycles. The maximum absolute atomic E-state index is 9.53. The molecular formula is C12H17N3O. The number of nitrogens with zero attached hydrogens (tertiary/aromatic N) is 1. The van der Waals surface area contributed by atoms with Crippen molar-refractivity contribution < 1.29 is 5.11 Å². The van der Waals surface area contributed by atoms with E-state index in [1.165, 1.54) is 0 Å². The van der Waals surface area contributed by atoms with Gasteiger partial charge in [-0.05, 0) is 31.0 Å². The van der Waals surface area contributed by atoms with E-state index in [-0.39, 0.29) is 11.9 Å². The lowest BCUT2D eigenvalue weighted by Crippen LogP contribution is -2.25. The molecule has 1 aliphatic rings. The highest BCUT2D eigenvalue weighted by atomic mass is 16.3. The number of anilines is 1. The molecule has 0 amide bonds. The maximum atomic E-state index is 9.53. The quantitative estimate of drug-likeness (QED) is 0.510. The normalized spacial score (nSPS) is 20.1. The minimum Gasteiger partial charge on any atom is -0.391 e. The van der Waals surface area contributed by atoms with Crippen LogP contribution in [0.15, 0.2) is 18.2 Å². The van der Waals surface area contributed by atoms with E-state index in [1.54, 1.807) is 0 Å². The van der Waals surface area contributed by atoms with Gasteiger partial charge in [-0.2, -0.15) is 0 Å². The third kappa shape index (κ3) is 2.02. The first-order valence-electron chi connectivity index (χ1n) is 5.46. The number of aryl methyl sites for hydroxylation is 1. The van der Waals surface area contributed by atoms with Crippen molar-refractivity contribution in [1.82, 2.24) is 0 Å². The molecule has 1 saturated heterocycles. The Kier molecular flexibility index (Phi) is 2.83. The van der Waals surface area contributed by atoms with Crippen molar-refractivity contribution in [3.63, 3.8) is 0 Å². The molecule has 4 heteroatoms. The smallest absolute Gasteiger partial charge is 0.124 e. The second-order valence-corrected chi connectivity index (χ2v) is 4.32. The van der Waals surface area contributed by atoms with Crippen molar-refractivity contribution in [2.24, 2.45) is 5.73 Å². The van der Waals surface area contributed by atoms with Gasteiger partial charge in [0, 0.05) is 24.3 Å². The van der Waals surface area contributed by atoms with Crippen molar-refractivity contribution in [3.8, 4) is 0 Å². The Hall–Kier alpha value is -1.55. The molecule has 0 aliphatic carbocycles. The molecule has 0 saturated carbocycles. The summed E-state index contributed by atoms with van der Waals surface area (Å²) in [4.78, 5) is 2.09. The molecular weight excluding hydrogens is 202 g/mol. The second-order valence-electron chi connectivity index (χ2n) is 4.32. The number of nitrogens with two attached hydrogens (primary N) is 1. The van der Waals surface area contributed by atoms with Gasteiger partial charge in [-0.25, -0.2) is 0 Å². The van der Waals surface area contributed by atoms with Gasteiger partial charge >= 0.3 is 0 Å². The monoisotopic (exact) mass is 219 g/mol. The van der Waals surface area contributed by atoms with Crippen LogP contribution in [-0.4, -0.2) is 30.1 Å². The number of aliphatic hydroxyl groups is 1. The fourth-order valence-electron chi connectivity index (χ4n) is 2.09. The predicted octanol–water partition coefficient (Wildman–Crippen LogP) is 0.850. The summed E-state index contributed by atoms with van der Waals surface area (Å²) in [6.45, 7) is 3.47. The lowest BCUT2D eigenvalue weighted by atomic mass is 10.1. The van der Waals surface area contributed by atoms with Crippen molar-refractivity contribution in [1.29, 1.82) is 5.41 Å². The molecule has 4 nitrogen and oxygen atoms in total. The summed E-state index contributed by atoms with van der Waals surface area (Å²) in [6.07, 6.45) is 0.519. The Labute approximate surface area is 95.2 Å². The molecule has 1 aromatic rings. The summed E-state index contributed by atoms with van der Waals surface area (Å²) in [6, 6.07) is 5.85. The van der Waals surface area contributed by atoms with Gasteiger partial charge < -0.3 is 15.7 Å². The van der Waals surface area contributed by atoms with Crippen LogP contribution in [-0.2, 0) is 0 Å². The van der Waals surface area contributed by atoms with Crippen molar-refractivity contribution in [2.45, 2.75) is 19.4 Å². The van der Waals surface area contributed by atoms with Gasteiger partial charge in [0.1, 0.15) is 5.84 Å². The first-order chi connectivity index (χ1) is 7.58. The number of aliphatic hydroxyl groups excluding tert-OH is 1. The third-order valence-corrected chi connectivity index (χ3v) is 2.95. The van der Waals surface area contributed by atoms with Crippen molar-refractivity contribution in [3.05, 3.63) is 29.3 Å². The molecule has 0 bridgehead atoms. The Morgan fingerprint density at radius 2 is 2.31 bits per heavy atom. The Balaban J connectivity index is 2.37. The molecule has 86 valence electrons. The van der Waals surface area contributed by atoms with Crippen LogP contribution in [0.3, 0.4) is 0 Å². The molecule has 0 spiro atoms. The number of hydrogen-bond donors (Lipinski definition) is 3. The molecule has 16 heavy (non-hydrogen) atoms. The van der Waals surface area contributed by atoms with Crippen LogP contribution in [0.4, 0.5) is 5.69 Å². The number of β-amino-alcohol motifs (C(OH)–C–C–N with tert-alkyl or cyclic N) is 1. The second kappa shape index (κ2) is 4.14. The molecule has 1 fully saturated rings. The minimum atomic E-state index is -0.264. The topological polar surface area (TPSA) is 73.3 Å². The van der Waals surface area contributed by atoms with Gasteiger partial charge in [0.15, 0.2) is 0 Å². The zero-order chi connectivity index (χ0) is 11.7. The molecule has 0 radical (unpaired) electrons. The van der Waals surface area contributed by atoms with Crippen LogP contribution >= 0.6 is 0 Å². The van der Waals surface area contributed by atoms with E-state index >= 15 is 0 Å². The van der Waals surface area contributed by atoms with Gasteiger partial charge in [0.2, 0.25) is 0 Å². The van der Waals surface area contributed by atoms with Crippen LogP contribution in [0.25, 0.3) is 0 Å². The first-order valence-corrected chi connectivity index (χ1v) is 5.46. The average Bonchev–Trinajstić information content (AvgIpc) is 2.64. The Bertz CT molecular complexity index is 417. The minimum absolute atomic E-state index is 0.0800. The number of nitrogens with one attached hydrogen (secondary N) is 1. The van der Waals surface area contributed by atoms with Gasteiger partial charge in [-0.15, -0.1) is 0 Å². The maximum Gasteiger partial charge on any atom is 0.124 e. The lowest BCUT2D eigenvalue weighted by molar-refractivity contribution is 0.198. The van der Waals surface area contributed by atoms with E-state index in [0.29, 0.717) is 6.54 Å². The zero-order valence-electron chi connectivity index (χ0n) is 9.40. The van der Waals surface area contributed by atoms with E-state index in [9.17, 15) is 5.11 Å². The van der Waals surface area contributed by atoms with Gasteiger partial charge in [-0.3, -0.25) is 5.41 Å². The van der Waals surface area contributed by atoms with Crippen LogP contribution in [0.1, 0.15) is 17.5 Å². The van der Waals surface area contributed by atoms with E-state index in [4.69, 9.17) is 11.1 Å². The van der Waals surface area contributed by atoms with Crippen LogP contribution in [0, 0.1) is 12.3 Å². The number of hydrogen-bond acceptors (Lipinski definition) is 3. The van der Waals surface area contributed by atoms with E-state index in [0.717, 1.165) is 29.8 Å². The van der Waals surface area contributed by atoms with Crippen LogP contribution < -0.4 is 10.6 Å². The molecule has 1 atom stereocenters. The van der Waals surface area contributed by atoms with E-state index in [2.05, 4.69) is 4.90 Å². The molecule has 1 unspecified atom stereocenters. The Morgan fingerprint density at radius 1 is 1.56 bits per heavy atom.